The summed E-state index contributed by atoms with van der Waals surface area (Å²) in [6.07, 6.45) is 1.26. The van der Waals surface area contributed by atoms with Crippen molar-refractivity contribution in [3.8, 4) is 0 Å². The fourth-order valence-corrected chi connectivity index (χ4v) is 7.44. The Morgan fingerprint density at radius 1 is 1.30 bits per heavy atom. The van der Waals surface area contributed by atoms with E-state index in [4.69, 9.17) is 0 Å². The third-order valence-electron chi connectivity index (χ3n) is 6.82. The number of β-lactam (4-membered cyclic amide) rings is 1. The zero-order chi connectivity index (χ0) is 22.7. The van der Waals surface area contributed by atoms with Crippen LogP contribution in [0.25, 0.3) is 0 Å². The van der Waals surface area contributed by atoms with Crippen LogP contribution in [-0.2, 0) is 9.59 Å². The quantitative estimate of drug-likeness (QED) is 0.327. The predicted octanol–water partition coefficient (Wildman–Crippen LogP) is -2.88. The molecule has 0 spiro atoms. The van der Waals surface area contributed by atoms with E-state index in [2.05, 4.69) is 9.88 Å². The van der Waals surface area contributed by atoms with Crippen LogP contribution in [0.5, 0.6) is 0 Å². The molecule has 0 saturated carbocycles. The number of aromatic nitrogens is 1. The van der Waals surface area contributed by atoms with Crippen molar-refractivity contribution in [2.75, 3.05) is 31.1 Å². The van der Waals surface area contributed by atoms with Gasteiger partial charge in [0, 0.05) is 47.6 Å². The number of aliphatic carboxylic acids is 1. The van der Waals surface area contributed by atoms with Gasteiger partial charge in [0.2, 0.25) is 5.91 Å². The maximum atomic E-state index is 12.5. The molecule has 3 saturated heterocycles. The van der Waals surface area contributed by atoms with Crippen molar-refractivity contribution in [1.29, 1.82) is 0 Å². The fraction of sp³-hybridized carbons (Fsp3) is 0.619. The van der Waals surface area contributed by atoms with Crippen LogP contribution in [0, 0.1) is 11.8 Å². The molecule has 9 nitrogen and oxygen atoms in total. The molecule has 0 aromatic carbocycles. The fourth-order valence-electron chi connectivity index (χ4n) is 5.11. The van der Waals surface area contributed by atoms with E-state index in [1.165, 1.54) is 28.0 Å². The van der Waals surface area contributed by atoms with E-state index >= 15 is 0 Å². The van der Waals surface area contributed by atoms with Gasteiger partial charge in [-0.15, -0.1) is 23.1 Å². The number of anilines is 1. The molecule has 1 aromatic heterocycles. The summed E-state index contributed by atoms with van der Waals surface area (Å²) < 4.78 is 0. The van der Waals surface area contributed by atoms with E-state index in [9.17, 15) is 24.6 Å². The number of fused-ring (bicyclic) bond motifs is 1. The third-order valence-corrected chi connectivity index (χ3v) is 9.17. The number of hydrogen-bond donors (Lipinski definition) is 1. The number of rotatable bonds is 6. The van der Waals surface area contributed by atoms with Gasteiger partial charge in [0.05, 0.1) is 29.7 Å². The number of likely N-dealkylation sites (tertiary alicyclic amines) is 1. The first kappa shape index (κ1) is 25.0. The molecule has 4 atom stereocenters. The van der Waals surface area contributed by atoms with Crippen LogP contribution >= 0.6 is 23.1 Å². The van der Waals surface area contributed by atoms with Gasteiger partial charge in [0.15, 0.2) is 5.13 Å². The minimum atomic E-state index is -1.35. The van der Waals surface area contributed by atoms with Gasteiger partial charge in [-0.3, -0.25) is 9.59 Å². The summed E-state index contributed by atoms with van der Waals surface area (Å²) in [6.45, 7) is 6.43. The summed E-state index contributed by atoms with van der Waals surface area (Å²) in [5, 5.41) is 24.5. The number of carbonyl (C=O) groups is 3. The molecule has 5 rings (SSSR count). The second-order valence-corrected chi connectivity index (χ2v) is 11.1. The van der Waals surface area contributed by atoms with Crippen LogP contribution in [0.15, 0.2) is 16.0 Å². The van der Waals surface area contributed by atoms with E-state index in [-0.39, 0.29) is 64.3 Å². The Labute approximate surface area is 222 Å². The van der Waals surface area contributed by atoms with E-state index in [0.717, 1.165) is 31.1 Å². The first-order chi connectivity index (χ1) is 15.3. The van der Waals surface area contributed by atoms with E-state index in [0.29, 0.717) is 23.7 Å². The number of amides is 2. The predicted molar refractivity (Wildman–Crippen MR) is 118 cm³/mol. The molecule has 0 radical (unpaired) electrons. The molecule has 0 aliphatic carbocycles. The maximum Gasteiger partial charge on any atom is 1.00 e. The number of carbonyl (C=O) groups excluding carboxylic acids is 3. The summed E-state index contributed by atoms with van der Waals surface area (Å²) in [6, 6.07) is -0.327. The van der Waals surface area contributed by atoms with Gasteiger partial charge in [0.1, 0.15) is 5.69 Å². The number of carboxylic acids is 1. The smallest absolute Gasteiger partial charge is 0.543 e. The molecule has 1 N–H and O–H groups in total. The molecule has 33 heavy (non-hydrogen) atoms. The number of thiazole rings is 1. The second kappa shape index (κ2) is 9.50. The molecule has 12 heteroatoms. The Kier molecular flexibility index (Phi) is 7.20. The number of hydrogen-bond acceptors (Lipinski definition) is 9. The average Bonchev–Trinajstić information content (AvgIpc) is 3.43. The van der Waals surface area contributed by atoms with Gasteiger partial charge >= 0.3 is 29.6 Å². The van der Waals surface area contributed by atoms with Crippen molar-refractivity contribution in [3.05, 3.63) is 21.7 Å². The zero-order valence-electron chi connectivity index (χ0n) is 18.9. The number of carboxylic acid groups (broad SMARTS) is 1. The topological polar surface area (TPSA) is 117 Å². The van der Waals surface area contributed by atoms with Crippen LogP contribution in [-0.4, -0.2) is 81.2 Å². The summed E-state index contributed by atoms with van der Waals surface area (Å²) >= 11 is 2.92. The summed E-state index contributed by atoms with van der Waals surface area (Å²) in [5.41, 5.74) is 0.446. The zero-order valence-corrected chi connectivity index (χ0v) is 22.5. The first-order valence-electron chi connectivity index (χ1n) is 10.9. The van der Waals surface area contributed by atoms with Crippen LogP contribution in [0.1, 0.15) is 37.2 Å². The molecule has 4 aliphatic rings. The summed E-state index contributed by atoms with van der Waals surface area (Å²) in [4.78, 5) is 47.2. The molecule has 0 unspecified atom stereocenters. The molecule has 4 aliphatic heterocycles. The molecular weight excluding hydrogens is 475 g/mol. The average molecular weight is 501 g/mol. The Morgan fingerprint density at radius 2 is 1.97 bits per heavy atom. The molecule has 172 valence electrons. The van der Waals surface area contributed by atoms with Gasteiger partial charge in [-0.2, -0.15) is 0 Å². The molecule has 2 amide bonds. The van der Waals surface area contributed by atoms with Crippen LogP contribution < -0.4 is 39.6 Å². The van der Waals surface area contributed by atoms with Crippen molar-refractivity contribution >= 4 is 46.0 Å². The van der Waals surface area contributed by atoms with Gasteiger partial charge < -0.3 is 29.7 Å². The molecule has 3 fully saturated rings. The van der Waals surface area contributed by atoms with E-state index in [1.807, 2.05) is 11.8 Å². The Bertz CT molecular complexity index is 1000. The molecule has 1 aromatic rings. The van der Waals surface area contributed by atoms with Crippen molar-refractivity contribution in [2.24, 2.45) is 11.8 Å². The van der Waals surface area contributed by atoms with Gasteiger partial charge in [-0.25, -0.2) is 4.98 Å². The third kappa shape index (κ3) is 4.14. The second-order valence-electron chi connectivity index (χ2n) is 8.91. The maximum absolute atomic E-state index is 12.5. The normalized spacial score (nSPS) is 27.8. The largest absolute Gasteiger partial charge is 1.00 e. The van der Waals surface area contributed by atoms with Crippen molar-refractivity contribution in [3.63, 3.8) is 0 Å². The van der Waals surface area contributed by atoms with Gasteiger partial charge in [-0.1, -0.05) is 6.92 Å². The van der Waals surface area contributed by atoms with Crippen molar-refractivity contribution < 1.29 is 54.2 Å². The van der Waals surface area contributed by atoms with Crippen LogP contribution in [0.3, 0.4) is 0 Å². The monoisotopic (exact) mass is 500 g/mol. The Hall–Kier alpha value is -1.11. The number of nitrogens with zero attached hydrogens (tertiary/aromatic N) is 4. The minimum Gasteiger partial charge on any atom is -0.543 e. The Morgan fingerprint density at radius 3 is 2.58 bits per heavy atom. The first-order valence-corrected chi connectivity index (χ1v) is 12.7. The van der Waals surface area contributed by atoms with Gasteiger partial charge in [-0.05, 0) is 19.8 Å². The van der Waals surface area contributed by atoms with Gasteiger partial charge in [0.25, 0.3) is 5.91 Å². The summed E-state index contributed by atoms with van der Waals surface area (Å²) in [7, 11) is 0. The molecular formula is C21H25N4NaO5S2. The molecule has 0 bridgehead atoms. The number of thioether (sulfide) groups is 1. The SMILES string of the molecule is C[C@@H](O)[C@H]1C(=O)N2C(C(=O)[O-])=C(SC3CN(c4nc(C(=O)N5CCCC5)cs4)C3)[C@H](C)[C@H]12.[Na+]. The number of aliphatic hydroxyl groups is 1. The minimum absolute atomic E-state index is 0. The van der Waals surface area contributed by atoms with Crippen molar-refractivity contribution in [1.82, 2.24) is 14.8 Å². The van der Waals surface area contributed by atoms with E-state index in [1.54, 1.807) is 12.3 Å². The standard InChI is InChI=1S/C21H26N4O5S2.Na/c1-10-15-14(11(2)26)19(28)25(15)16(20(29)30)17(10)32-12-7-24(8-12)21-22-13(9-31-21)18(27)23-5-3-4-6-23;/h9-12,14-15,26H,3-8H2,1-2H3,(H,29,30);/q;+1/p-1/t10-,11-,14-,15-;/m1./s1. The Balaban J connectivity index is 0.00000259. The van der Waals surface area contributed by atoms with Crippen LogP contribution in [0.4, 0.5) is 5.13 Å². The van der Waals surface area contributed by atoms with Crippen LogP contribution in [0.2, 0.25) is 0 Å². The van der Waals surface area contributed by atoms with Crippen molar-refractivity contribution in [2.45, 2.75) is 44.1 Å². The number of aliphatic hydroxyl groups excluding tert-OH is 1. The molecule has 5 heterocycles. The van der Waals surface area contributed by atoms with E-state index < -0.39 is 18.0 Å². The summed E-state index contributed by atoms with van der Waals surface area (Å²) in [5.74, 6) is -2.44.